The Labute approximate surface area is 130 Å². The molecule has 0 heterocycles. The van der Waals surface area contributed by atoms with E-state index in [4.69, 9.17) is 5.73 Å². The molecule has 0 spiro atoms. The van der Waals surface area contributed by atoms with Crippen LogP contribution in [0.1, 0.15) is 47.7 Å². The van der Waals surface area contributed by atoms with Gasteiger partial charge in [0.2, 0.25) is 0 Å². The van der Waals surface area contributed by atoms with E-state index < -0.39 is 0 Å². The minimum atomic E-state index is -0.0829. The van der Waals surface area contributed by atoms with Crippen LogP contribution in [0.4, 0.5) is 0 Å². The lowest BCUT2D eigenvalue weighted by Crippen LogP contribution is -2.13. The van der Waals surface area contributed by atoms with Crippen molar-refractivity contribution in [3.8, 4) is 0 Å². The van der Waals surface area contributed by atoms with Gasteiger partial charge in [0.05, 0.1) is 6.04 Å². The number of halogens is 1. The minimum absolute atomic E-state index is 0.0829. The van der Waals surface area contributed by atoms with Crippen molar-refractivity contribution in [2.75, 3.05) is 0 Å². The van der Waals surface area contributed by atoms with Crippen molar-refractivity contribution in [2.24, 2.45) is 5.73 Å². The minimum Gasteiger partial charge on any atom is -0.320 e. The molecule has 0 bridgehead atoms. The topological polar surface area (TPSA) is 26.0 Å². The Kier molecular flexibility index (Phi) is 5.00. The van der Waals surface area contributed by atoms with Crippen LogP contribution in [0.15, 0.2) is 40.9 Å². The molecule has 1 atom stereocenters. The Morgan fingerprint density at radius 2 is 1.75 bits per heavy atom. The zero-order valence-electron chi connectivity index (χ0n) is 12.4. The van der Waals surface area contributed by atoms with Gasteiger partial charge in [0, 0.05) is 4.47 Å². The molecule has 0 amide bonds. The zero-order chi connectivity index (χ0) is 14.7. The van der Waals surface area contributed by atoms with E-state index in [0.717, 1.165) is 22.9 Å². The molecule has 0 radical (unpaired) electrons. The average Bonchev–Trinajstić information content (AvgIpc) is 2.48. The lowest BCUT2D eigenvalue weighted by molar-refractivity contribution is 0.856. The second-order valence-corrected chi connectivity index (χ2v) is 5.98. The van der Waals surface area contributed by atoms with Crippen LogP contribution in [-0.2, 0) is 12.8 Å². The Hall–Kier alpha value is -1.12. The van der Waals surface area contributed by atoms with Crippen LogP contribution in [-0.4, -0.2) is 0 Å². The van der Waals surface area contributed by atoms with Crippen molar-refractivity contribution in [2.45, 2.75) is 39.7 Å². The molecule has 0 saturated carbocycles. The van der Waals surface area contributed by atoms with Crippen molar-refractivity contribution in [3.05, 3.63) is 68.7 Å². The molecule has 2 rings (SSSR count). The molecule has 106 valence electrons. The van der Waals surface area contributed by atoms with Gasteiger partial charge in [0.1, 0.15) is 0 Å². The quantitative estimate of drug-likeness (QED) is 0.844. The Morgan fingerprint density at radius 1 is 1.05 bits per heavy atom. The van der Waals surface area contributed by atoms with E-state index in [0.29, 0.717) is 0 Å². The predicted octanol–water partition coefficient (Wildman–Crippen LogP) is 4.93. The zero-order valence-corrected chi connectivity index (χ0v) is 14.0. The molecule has 1 unspecified atom stereocenters. The first kappa shape index (κ1) is 15.3. The fourth-order valence-electron chi connectivity index (χ4n) is 2.60. The highest BCUT2D eigenvalue weighted by molar-refractivity contribution is 9.10. The summed E-state index contributed by atoms with van der Waals surface area (Å²) in [5.41, 5.74) is 12.9. The summed E-state index contributed by atoms with van der Waals surface area (Å²) in [6.45, 7) is 6.50. The number of aryl methyl sites for hydroxylation is 3. The van der Waals surface area contributed by atoms with Crippen molar-refractivity contribution < 1.29 is 0 Å². The summed E-state index contributed by atoms with van der Waals surface area (Å²) in [4.78, 5) is 0. The molecule has 0 aliphatic rings. The number of nitrogens with two attached hydrogens (primary N) is 1. The van der Waals surface area contributed by atoms with Gasteiger partial charge >= 0.3 is 0 Å². The van der Waals surface area contributed by atoms with E-state index in [1.165, 1.54) is 22.3 Å². The van der Waals surface area contributed by atoms with Crippen molar-refractivity contribution >= 4 is 15.9 Å². The van der Waals surface area contributed by atoms with Gasteiger partial charge in [-0.1, -0.05) is 66.2 Å². The van der Waals surface area contributed by atoms with E-state index in [2.05, 4.69) is 73.1 Å². The molecule has 2 aromatic carbocycles. The molecule has 20 heavy (non-hydrogen) atoms. The molecule has 0 aliphatic carbocycles. The third-order valence-electron chi connectivity index (χ3n) is 3.91. The Morgan fingerprint density at radius 3 is 2.40 bits per heavy atom. The summed E-state index contributed by atoms with van der Waals surface area (Å²) in [5.74, 6) is 0. The first-order valence-corrected chi connectivity index (χ1v) is 8.00. The average molecular weight is 332 g/mol. The second-order valence-electron chi connectivity index (χ2n) is 5.19. The molecule has 0 fully saturated rings. The van der Waals surface area contributed by atoms with Gasteiger partial charge in [0.15, 0.2) is 0 Å². The summed E-state index contributed by atoms with van der Waals surface area (Å²) in [5, 5.41) is 0. The second kappa shape index (κ2) is 6.55. The van der Waals surface area contributed by atoms with Crippen molar-refractivity contribution in [3.63, 3.8) is 0 Å². The van der Waals surface area contributed by atoms with E-state index in [-0.39, 0.29) is 6.04 Å². The van der Waals surface area contributed by atoms with Gasteiger partial charge in [-0.3, -0.25) is 0 Å². The number of hydrogen-bond donors (Lipinski definition) is 1. The first-order valence-electron chi connectivity index (χ1n) is 7.20. The lowest BCUT2D eigenvalue weighted by atomic mass is 9.93. The standard InChI is InChI=1S/C18H22BrN/c1-4-13-9-10-15(11-14(13)5-2)18(20)16-8-6-7-12(3)17(16)19/h6-11,18H,4-5,20H2,1-3H3. The molecule has 0 saturated heterocycles. The third kappa shape index (κ3) is 2.97. The summed E-state index contributed by atoms with van der Waals surface area (Å²) in [6, 6.07) is 12.8. The van der Waals surface area contributed by atoms with Crippen LogP contribution in [0.25, 0.3) is 0 Å². The number of rotatable bonds is 4. The smallest absolute Gasteiger partial charge is 0.0563 e. The van der Waals surface area contributed by atoms with Gasteiger partial charge in [-0.15, -0.1) is 0 Å². The van der Waals surface area contributed by atoms with E-state index in [9.17, 15) is 0 Å². The first-order chi connectivity index (χ1) is 9.58. The summed E-state index contributed by atoms with van der Waals surface area (Å²) >= 11 is 3.66. The van der Waals surface area contributed by atoms with Gasteiger partial charge < -0.3 is 5.73 Å². The Balaban J connectivity index is 2.43. The normalized spacial score (nSPS) is 12.4. The lowest BCUT2D eigenvalue weighted by Gasteiger charge is -2.18. The SMILES string of the molecule is CCc1ccc(C(N)c2cccc(C)c2Br)cc1CC. The molecular formula is C18H22BrN. The maximum absolute atomic E-state index is 6.47. The van der Waals surface area contributed by atoms with Gasteiger partial charge in [0.25, 0.3) is 0 Å². The summed E-state index contributed by atoms with van der Waals surface area (Å²) in [6.07, 6.45) is 2.13. The highest BCUT2D eigenvalue weighted by Gasteiger charge is 2.14. The van der Waals surface area contributed by atoms with Gasteiger partial charge in [-0.25, -0.2) is 0 Å². The van der Waals surface area contributed by atoms with Crippen LogP contribution in [0, 0.1) is 6.92 Å². The van der Waals surface area contributed by atoms with Crippen LogP contribution in [0.5, 0.6) is 0 Å². The molecule has 2 N–H and O–H groups in total. The van der Waals surface area contributed by atoms with Gasteiger partial charge in [-0.05, 0) is 47.6 Å². The molecule has 0 aromatic heterocycles. The Bertz CT molecular complexity index is 604. The monoisotopic (exact) mass is 331 g/mol. The van der Waals surface area contributed by atoms with E-state index in [1.807, 2.05) is 0 Å². The van der Waals surface area contributed by atoms with Crippen LogP contribution in [0.2, 0.25) is 0 Å². The van der Waals surface area contributed by atoms with Crippen LogP contribution in [0.3, 0.4) is 0 Å². The fourth-order valence-corrected chi connectivity index (χ4v) is 3.11. The molecule has 1 nitrogen and oxygen atoms in total. The highest BCUT2D eigenvalue weighted by Crippen LogP contribution is 2.30. The highest BCUT2D eigenvalue weighted by atomic mass is 79.9. The van der Waals surface area contributed by atoms with Crippen molar-refractivity contribution in [1.29, 1.82) is 0 Å². The molecule has 2 heteroatoms. The van der Waals surface area contributed by atoms with E-state index >= 15 is 0 Å². The van der Waals surface area contributed by atoms with E-state index in [1.54, 1.807) is 0 Å². The van der Waals surface area contributed by atoms with Crippen LogP contribution < -0.4 is 5.73 Å². The summed E-state index contributed by atoms with van der Waals surface area (Å²) in [7, 11) is 0. The maximum Gasteiger partial charge on any atom is 0.0563 e. The molecule has 2 aromatic rings. The van der Waals surface area contributed by atoms with Crippen molar-refractivity contribution in [1.82, 2.24) is 0 Å². The predicted molar refractivity (Wildman–Crippen MR) is 90.1 cm³/mol. The largest absolute Gasteiger partial charge is 0.320 e. The molecule has 0 aliphatic heterocycles. The molecular weight excluding hydrogens is 310 g/mol. The maximum atomic E-state index is 6.47. The number of benzene rings is 2. The van der Waals surface area contributed by atoms with Gasteiger partial charge in [-0.2, -0.15) is 0 Å². The number of hydrogen-bond acceptors (Lipinski definition) is 1. The van der Waals surface area contributed by atoms with Crippen LogP contribution >= 0.6 is 15.9 Å². The summed E-state index contributed by atoms with van der Waals surface area (Å²) < 4.78 is 1.12. The fraction of sp³-hybridized carbons (Fsp3) is 0.333. The third-order valence-corrected chi connectivity index (χ3v) is 4.99.